The number of hydrogen-bond donors (Lipinski definition) is 0. The number of hydrogen-bond acceptors (Lipinski definition) is 4. The lowest BCUT2D eigenvalue weighted by Crippen LogP contribution is -2.69. The van der Waals surface area contributed by atoms with Gasteiger partial charge in [0, 0.05) is 23.2 Å². The van der Waals surface area contributed by atoms with E-state index < -0.39 is 0 Å². The number of rotatable bonds is 0. The van der Waals surface area contributed by atoms with Crippen molar-refractivity contribution in [2.75, 3.05) is 13.2 Å². The Bertz CT molecular complexity index is 979. The molecule has 0 unspecified atom stereocenters. The van der Waals surface area contributed by atoms with Crippen molar-refractivity contribution in [3.05, 3.63) is 0 Å². The lowest BCUT2D eigenvalue weighted by molar-refractivity contribution is -0.317. The van der Waals surface area contributed by atoms with Gasteiger partial charge in [-0.1, -0.05) is 48.5 Å². The summed E-state index contributed by atoms with van der Waals surface area (Å²) in [4.78, 5) is 13.4. The standard InChI is InChI=1S/C32H50O4/c1-26(2)12-15-31-16-14-29(6)20(23(31)24(26)36-25(31)33)8-9-22-28(5)13-17-32(34-18-19-35-32)27(3,4)21(28)10-11-30(22,29)7/h20-24H,8-19H2,1-7H3/t20-,21+,22-,23+,24-,28+,29-,30-,31+/m1/s1. The summed E-state index contributed by atoms with van der Waals surface area (Å²) in [7, 11) is 0. The first-order valence-corrected chi connectivity index (χ1v) is 15.3. The van der Waals surface area contributed by atoms with E-state index >= 15 is 0 Å². The maximum Gasteiger partial charge on any atom is 0.312 e. The smallest absolute Gasteiger partial charge is 0.312 e. The van der Waals surface area contributed by atoms with Crippen LogP contribution in [-0.4, -0.2) is 31.1 Å². The quantitative estimate of drug-likeness (QED) is 0.333. The van der Waals surface area contributed by atoms with Crippen LogP contribution in [0.2, 0.25) is 0 Å². The van der Waals surface area contributed by atoms with Gasteiger partial charge >= 0.3 is 5.97 Å². The fraction of sp³-hybridized carbons (Fsp3) is 0.969. The topological polar surface area (TPSA) is 44.8 Å². The number of esters is 1. The van der Waals surface area contributed by atoms with Gasteiger partial charge in [-0.05, 0) is 91.8 Å². The lowest BCUT2D eigenvalue weighted by Gasteiger charge is -2.73. The van der Waals surface area contributed by atoms with Crippen molar-refractivity contribution in [1.29, 1.82) is 0 Å². The minimum Gasteiger partial charge on any atom is -0.461 e. The molecule has 7 fully saturated rings. The molecule has 5 saturated carbocycles. The van der Waals surface area contributed by atoms with E-state index in [0.717, 1.165) is 44.8 Å². The van der Waals surface area contributed by atoms with E-state index in [1.807, 2.05) is 0 Å². The highest BCUT2D eigenvalue weighted by Crippen LogP contribution is 2.78. The van der Waals surface area contributed by atoms with Crippen LogP contribution in [0.4, 0.5) is 0 Å². The molecule has 4 heteroatoms. The summed E-state index contributed by atoms with van der Waals surface area (Å²) >= 11 is 0. The van der Waals surface area contributed by atoms with Gasteiger partial charge in [0.05, 0.1) is 18.6 Å². The normalized spacial score (nSPS) is 55.8. The Balaban J connectivity index is 1.27. The summed E-state index contributed by atoms with van der Waals surface area (Å²) in [5.74, 6) is 2.15. The first kappa shape index (κ1) is 24.4. The fourth-order valence-electron chi connectivity index (χ4n) is 12.7. The second-order valence-corrected chi connectivity index (χ2v) is 16.3. The van der Waals surface area contributed by atoms with Crippen LogP contribution in [0.3, 0.4) is 0 Å². The molecule has 0 amide bonds. The van der Waals surface area contributed by atoms with Gasteiger partial charge in [-0.15, -0.1) is 0 Å². The number of ether oxygens (including phenoxy) is 3. The van der Waals surface area contributed by atoms with Gasteiger partial charge < -0.3 is 14.2 Å². The van der Waals surface area contributed by atoms with Crippen molar-refractivity contribution in [2.24, 2.45) is 56.2 Å². The minimum atomic E-state index is -0.381. The fourth-order valence-corrected chi connectivity index (χ4v) is 12.7. The largest absolute Gasteiger partial charge is 0.461 e. The van der Waals surface area contributed by atoms with Gasteiger partial charge in [0.1, 0.15) is 6.10 Å². The molecular weight excluding hydrogens is 448 g/mol. The Morgan fingerprint density at radius 2 is 1.39 bits per heavy atom. The van der Waals surface area contributed by atoms with Gasteiger partial charge in [-0.25, -0.2) is 0 Å². The van der Waals surface area contributed by atoms with Gasteiger partial charge in [0.2, 0.25) is 0 Å². The van der Waals surface area contributed by atoms with Crippen molar-refractivity contribution in [1.82, 2.24) is 0 Å². The highest BCUT2D eigenvalue weighted by molar-refractivity contribution is 5.81. The number of carbonyl (C=O) groups excluding carboxylic acids is 1. The Labute approximate surface area is 219 Å². The molecule has 2 saturated heterocycles. The molecule has 0 aromatic carbocycles. The van der Waals surface area contributed by atoms with E-state index in [-0.39, 0.29) is 39.5 Å². The SMILES string of the molecule is CC1(C)CC[C@]23CC[C@]4(C)[C@H](CC[C@@H]5[C@@]6(C)CCC7(OCCO7)C(C)(C)[C@@H]6CC[C@]54C)[C@H]2[C@H]1OC3=O. The Hall–Kier alpha value is -0.610. The van der Waals surface area contributed by atoms with Crippen molar-refractivity contribution in [3.8, 4) is 0 Å². The third-order valence-corrected chi connectivity index (χ3v) is 14.9. The third kappa shape index (κ3) is 2.50. The number of fused-ring (bicyclic) bond motifs is 5. The zero-order chi connectivity index (χ0) is 25.6. The van der Waals surface area contributed by atoms with Gasteiger partial charge in [0.15, 0.2) is 5.79 Å². The monoisotopic (exact) mass is 498 g/mol. The van der Waals surface area contributed by atoms with Crippen LogP contribution in [0.15, 0.2) is 0 Å². The Morgan fingerprint density at radius 1 is 0.694 bits per heavy atom. The molecule has 2 heterocycles. The van der Waals surface area contributed by atoms with E-state index in [4.69, 9.17) is 14.2 Å². The van der Waals surface area contributed by atoms with Crippen molar-refractivity contribution >= 4 is 5.97 Å². The summed E-state index contributed by atoms with van der Waals surface area (Å²) in [6.45, 7) is 19.1. The molecule has 5 aliphatic carbocycles. The molecule has 1 spiro atoms. The molecule has 4 nitrogen and oxygen atoms in total. The average molecular weight is 499 g/mol. The molecule has 7 rings (SSSR count). The minimum absolute atomic E-state index is 0.0268. The van der Waals surface area contributed by atoms with E-state index in [9.17, 15) is 4.79 Å². The summed E-state index contributed by atoms with van der Waals surface area (Å²) in [5.41, 5.74) is 0.840. The van der Waals surface area contributed by atoms with Crippen LogP contribution in [-0.2, 0) is 19.0 Å². The molecule has 0 aromatic rings. The summed E-state index contributed by atoms with van der Waals surface area (Å²) in [5, 5.41) is 0. The van der Waals surface area contributed by atoms with Crippen molar-refractivity contribution in [2.45, 2.75) is 125 Å². The summed E-state index contributed by atoms with van der Waals surface area (Å²) in [6.07, 6.45) is 11.9. The number of carbonyl (C=O) groups is 1. The summed E-state index contributed by atoms with van der Waals surface area (Å²) < 4.78 is 19.1. The summed E-state index contributed by atoms with van der Waals surface area (Å²) in [6, 6.07) is 0. The predicted octanol–water partition coefficient (Wildman–Crippen LogP) is 7.15. The van der Waals surface area contributed by atoms with Gasteiger partial charge in [-0.3, -0.25) is 4.79 Å². The molecular formula is C32H50O4. The van der Waals surface area contributed by atoms with Crippen molar-refractivity contribution < 1.29 is 19.0 Å². The van der Waals surface area contributed by atoms with Gasteiger partial charge in [-0.2, -0.15) is 0 Å². The van der Waals surface area contributed by atoms with E-state index in [1.165, 1.54) is 38.5 Å². The second-order valence-electron chi connectivity index (χ2n) is 16.3. The molecule has 0 N–H and O–H groups in total. The van der Waals surface area contributed by atoms with Crippen LogP contribution >= 0.6 is 0 Å². The maximum atomic E-state index is 13.4. The van der Waals surface area contributed by atoms with Crippen LogP contribution in [0.25, 0.3) is 0 Å². The molecule has 0 radical (unpaired) electrons. The maximum absolute atomic E-state index is 13.4. The molecule has 7 aliphatic rings. The lowest BCUT2D eigenvalue weighted by atomic mass is 9.31. The molecule has 2 bridgehead atoms. The van der Waals surface area contributed by atoms with Crippen LogP contribution in [0.1, 0.15) is 113 Å². The van der Waals surface area contributed by atoms with Crippen molar-refractivity contribution in [3.63, 3.8) is 0 Å². The second kappa shape index (κ2) is 6.93. The van der Waals surface area contributed by atoms with Gasteiger partial charge in [0.25, 0.3) is 0 Å². The van der Waals surface area contributed by atoms with E-state index in [0.29, 0.717) is 28.6 Å². The zero-order valence-electron chi connectivity index (χ0n) is 24.0. The van der Waals surface area contributed by atoms with Crippen LogP contribution in [0.5, 0.6) is 0 Å². The Morgan fingerprint density at radius 3 is 2.11 bits per heavy atom. The highest BCUT2D eigenvalue weighted by atomic mass is 16.7. The van der Waals surface area contributed by atoms with Crippen LogP contribution < -0.4 is 0 Å². The molecule has 36 heavy (non-hydrogen) atoms. The molecule has 9 atom stereocenters. The first-order chi connectivity index (χ1) is 16.8. The van der Waals surface area contributed by atoms with E-state index in [1.54, 1.807) is 0 Å². The molecule has 0 aromatic heterocycles. The zero-order valence-corrected chi connectivity index (χ0v) is 24.0. The third-order valence-electron chi connectivity index (χ3n) is 14.9. The molecule has 202 valence electrons. The molecule has 2 aliphatic heterocycles. The predicted molar refractivity (Wildman–Crippen MR) is 139 cm³/mol. The van der Waals surface area contributed by atoms with Crippen LogP contribution in [0, 0.1) is 56.2 Å². The van der Waals surface area contributed by atoms with E-state index in [2.05, 4.69) is 48.5 Å². The Kier molecular flexibility index (Phi) is 4.70. The average Bonchev–Trinajstić information content (AvgIpc) is 3.39. The highest BCUT2D eigenvalue weighted by Gasteiger charge is 2.76. The first-order valence-electron chi connectivity index (χ1n) is 15.3.